The van der Waals surface area contributed by atoms with Crippen LogP contribution in [0.2, 0.25) is 0 Å². The number of amides is 1. The molecule has 3 atom stereocenters. The Morgan fingerprint density at radius 3 is 2.95 bits per heavy atom. The summed E-state index contributed by atoms with van der Waals surface area (Å²) in [6.07, 6.45) is 3.80. The summed E-state index contributed by atoms with van der Waals surface area (Å²) in [5.74, 6) is 0.588. The highest BCUT2D eigenvalue weighted by molar-refractivity contribution is 5.81. The standard InChI is InChI=1S/C16H30N2O3/c1-3-20-10-5-8-18-9-7-14(13(2)12-18)17-16(19)15-6-4-11-21-15/h13-15H,3-12H2,1-2H3,(H,17,19). The Kier molecular flexibility index (Phi) is 6.93. The van der Waals surface area contributed by atoms with Crippen molar-refractivity contribution in [3.8, 4) is 0 Å². The van der Waals surface area contributed by atoms with Crippen molar-refractivity contribution in [2.45, 2.75) is 51.7 Å². The molecule has 0 saturated carbocycles. The number of nitrogens with one attached hydrogen (secondary N) is 1. The molecule has 2 aliphatic rings. The van der Waals surface area contributed by atoms with Crippen LogP contribution in [0.25, 0.3) is 0 Å². The molecule has 1 N–H and O–H groups in total. The average Bonchev–Trinajstić information content (AvgIpc) is 3.00. The molecule has 1 amide bonds. The van der Waals surface area contributed by atoms with Gasteiger partial charge < -0.3 is 19.7 Å². The van der Waals surface area contributed by atoms with E-state index in [1.54, 1.807) is 0 Å². The number of nitrogens with zero attached hydrogens (tertiary/aromatic N) is 1. The Hall–Kier alpha value is -0.650. The van der Waals surface area contributed by atoms with Gasteiger partial charge in [-0.15, -0.1) is 0 Å². The maximum Gasteiger partial charge on any atom is 0.249 e. The second kappa shape index (κ2) is 8.71. The third-order valence-electron chi connectivity index (χ3n) is 4.51. The van der Waals surface area contributed by atoms with Gasteiger partial charge in [0, 0.05) is 45.5 Å². The van der Waals surface area contributed by atoms with E-state index in [0.29, 0.717) is 12.0 Å². The van der Waals surface area contributed by atoms with Crippen molar-refractivity contribution in [1.82, 2.24) is 10.2 Å². The number of likely N-dealkylation sites (tertiary alicyclic amines) is 1. The van der Waals surface area contributed by atoms with E-state index < -0.39 is 0 Å². The minimum atomic E-state index is -0.207. The normalized spacial score (nSPS) is 30.5. The Morgan fingerprint density at radius 1 is 1.43 bits per heavy atom. The molecule has 122 valence electrons. The Labute approximate surface area is 128 Å². The molecule has 0 spiro atoms. The van der Waals surface area contributed by atoms with Crippen LogP contribution in [-0.4, -0.2) is 62.4 Å². The average molecular weight is 298 g/mol. The molecule has 2 saturated heterocycles. The van der Waals surface area contributed by atoms with Crippen LogP contribution in [0.4, 0.5) is 0 Å². The highest BCUT2D eigenvalue weighted by Crippen LogP contribution is 2.19. The molecule has 0 aromatic rings. The minimum Gasteiger partial charge on any atom is -0.382 e. The first-order valence-corrected chi connectivity index (χ1v) is 8.42. The fourth-order valence-corrected chi connectivity index (χ4v) is 3.24. The fourth-order valence-electron chi connectivity index (χ4n) is 3.24. The molecule has 2 aliphatic heterocycles. The predicted molar refractivity (Wildman–Crippen MR) is 82.2 cm³/mol. The quantitative estimate of drug-likeness (QED) is 0.722. The molecule has 0 bridgehead atoms. The number of piperidine rings is 1. The predicted octanol–water partition coefficient (Wildman–Crippen LogP) is 1.42. The summed E-state index contributed by atoms with van der Waals surface area (Å²) in [7, 11) is 0. The largest absolute Gasteiger partial charge is 0.382 e. The monoisotopic (exact) mass is 298 g/mol. The summed E-state index contributed by atoms with van der Waals surface area (Å²) in [6, 6.07) is 0.296. The van der Waals surface area contributed by atoms with Gasteiger partial charge in [0.15, 0.2) is 0 Å². The van der Waals surface area contributed by atoms with E-state index in [9.17, 15) is 4.79 Å². The lowest BCUT2D eigenvalue weighted by Gasteiger charge is -2.37. The second-order valence-corrected chi connectivity index (χ2v) is 6.23. The third-order valence-corrected chi connectivity index (χ3v) is 4.51. The van der Waals surface area contributed by atoms with Gasteiger partial charge in [0.1, 0.15) is 6.10 Å². The molecule has 0 aliphatic carbocycles. The molecular weight excluding hydrogens is 268 g/mol. The van der Waals surface area contributed by atoms with Crippen molar-refractivity contribution < 1.29 is 14.3 Å². The topological polar surface area (TPSA) is 50.8 Å². The lowest BCUT2D eigenvalue weighted by molar-refractivity contribution is -0.131. The minimum absolute atomic E-state index is 0.0918. The Balaban J connectivity index is 1.67. The van der Waals surface area contributed by atoms with Crippen LogP contribution < -0.4 is 5.32 Å². The molecule has 2 heterocycles. The molecule has 21 heavy (non-hydrogen) atoms. The first-order chi connectivity index (χ1) is 10.2. The van der Waals surface area contributed by atoms with E-state index in [2.05, 4.69) is 17.1 Å². The number of hydrogen-bond acceptors (Lipinski definition) is 4. The first kappa shape index (κ1) is 16.7. The highest BCUT2D eigenvalue weighted by atomic mass is 16.5. The van der Waals surface area contributed by atoms with Crippen molar-refractivity contribution in [2.24, 2.45) is 5.92 Å². The molecule has 5 nitrogen and oxygen atoms in total. The van der Waals surface area contributed by atoms with Crippen LogP contribution in [0.1, 0.15) is 39.5 Å². The van der Waals surface area contributed by atoms with Crippen LogP contribution in [-0.2, 0) is 14.3 Å². The zero-order valence-electron chi connectivity index (χ0n) is 13.5. The van der Waals surface area contributed by atoms with Crippen molar-refractivity contribution in [3.63, 3.8) is 0 Å². The summed E-state index contributed by atoms with van der Waals surface area (Å²) >= 11 is 0. The maximum absolute atomic E-state index is 12.1. The van der Waals surface area contributed by atoms with Gasteiger partial charge in [-0.1, -0.05) is 6.92 Å². The summed E-state index contributed by atoms with van der Waals surface area (Å²) in [5.41, 5.74) is 0. The lowest BCUT2D eigenvalue weighted by Crippen LogP contribution is -2.52. The molecule has 2 rings (SSSR count). The van der Waals surface area contributed by atoms with Crippen molar-refractivity contribution in [3.05, 3.63) is 0 Å². The van der Waals surface area contributed by atoms with Crippen LogP contribution >= 0.6 is 0 Å². The van der Waals surface area contributed by atoms with Gasteiger partial charge in [-0.25, -0.2) is 0 Å². The molecule has 0 radical (unpaired) electrons. The molecule has 0 aromatic carbocycles. The van der Waals surface area contributed by atoms with Gasteiger partial charge in [0.25, 0.3) is 0 Å². The van der Waals surface area contributed by atoms with E-state index >= 15 is 0 Å². The van der Waals surface area contributed by atoms with Gasteiger partial charge in [-0.05, 0) is 38.5 Å². The van der Waals surface area contributed by atoms with Crippen LogP contribution in [0.3, 0.4) is 0 Å². The van der Waals surface area contributed by atoms with Crippen LogP contribution in [0.15, 0.2) is 0 Å². The van der Waals surface area contributed by atoms with Gasteiger partial charge in [0.05, 0.1) is 0 Å². The van der Waals surface area contributed by atoms with Crippen LogP contribution in [0.5, 0.6) is 0 Å². The summed E-state index contributed by atoms with van der Waals surface area (Å²) in [6.45, 7) is 9.85. The SMILES string of the molecule is CCOCCCN1CCC(NC(=O)C2CCCO2)C(C)C1. The van der Waals surface area contributed by atoms with E-state index in [0.717, 1.165) is 65.1 Å². The van der Waals surface area contributed by atoms with Crippen molar-refractivity contribution >= 4 is 5.91 Å². The number of rotatable bonds is 7. The number of carbonyl (C=O) groups excluding carboxylic acids is 1. The number of carbonyl (C=O) groups is 1. The van der Waals surface area contributed by atoms with Gasteiger partial charge in [-0.2, -0.15) is 0 Å². The maximum atomic E-state index is 12.1. The highest BCUT2D eigenvalue weighted by Gasteiger charge is 2.30. The summed E-state index contributed by atoms with van der Waals surface area (Å²) in [5, 5.41) is 3.19. The van der Waals surface area contributed by atoms with E-state index in [1.807, 2.05) is 6.92 Å². The second-order valence-electron chi connectivity index (χ2n) is 6.23. The molecule has 2 fully saturated rings. The third kappa shape index (κ3) is 5.24. The van der Waals surface area contributed by atoms with E-state index in [4.69, 9.17) is 9.47 Å². The Morgan fingerprint density at radius 2 is 2.29 bits per heavy atom. The first-order valence-electron chi connectivity index (χ1n) is 8.42. The van der Waals surface area contributed by atoms with E-state index in [-0.39, 0.29) is 12.0 Å². The molecule has 3 unspecified atom stereocenters. The lowest BCUT2D eigenvalue weighted by atomic mass is 9.93. The zero-order chi connectivity index (χ0) is 15.1. The van der Waals surface area contributed by atoms with Crippen LogP contribution in [0, 0.1) is 5.92 Å². The van der Waals surface area contributed by atoms with Gasteiger partial charge in [-0.3, -0.25) is 4.79 Å². The van der Waals surface area contributed by atoms with Crippen molar-refractivity contribution in [1.29, 1.82) is 0 Å². The molecule has 5 heteroatoms. The summed E-state index contributed by atoms with van der Waals surface area (Å²) < 4.78 is 10.8. The Bertz CT molecular complexity index is 319. The van der Waals surface area contributed by atoms with Crippen molar-refractivity contribution in [2.75, 3.05) is 39.5 Å². The molecular formula is C16H30N2O3. The number of ether oxygens (including phenoxy) is 2. The smallest absolute Gasteiger partial charge is 0.249 e. The molecule has 0 aromatic heterocycles. The number of hydrogen-bond donors (Lipinski definition) is 1. The van der Waals surface area contributed by atoms with E-state index in [1.165, 1.54) is 0 Å². The van der Waals surface area contributed by atoms with Gasteiger partial charge >= 0.3 is 0 Å². The summed E-state index contributed by atoms with van der Waals surface area (Å²) in [4.78, 5) is 14.6. The zero-order valence-corrected chi connectivity index (χ0v) is 13.5. The van der Waals surface area contributed by atoms with Gasteiger partial charge in [0.2, 0.25) is 5.91 Å². The fraction of sp³-hybridized carbons (Fsp3) is 0.938.